The molecule has 0 saturated carbocycles. The summed E-state index contributed by atoms with van der Waals surface area (Å²) in [6.07, 6.45) is 1.68. The van der Waals surface area contributed by atoms with E-state index in [4.69, 9.17) is 17.3 Å². The van der Waals surface area contributed by atoms with Gasteiger partial charge in [0.2, 0.25) is 0 Å². The van der Waals surface area contributed by atoms with Crippen molar-refractivity contribution >= 4 is 60.7 Å². The Bertz CT molecular complexity index is 511. The fraction of sp³-hybridized carbons (Fsp3) is 0. The Hall–Kier alpha value is -0.780. The second kappa shape index (κ2) is 5.25. The lowest BCUT2D eigenvalue weighted by atomic mass is 10.3. The van der Waals surface area contributed by atoms with E-state index in [-0.39, 0.29) is 0 Å². The van der Waals surface area contributed by atoms with Gasteiger partial charge in [0, 0.05) is 20.2 Å². The van der Waals surface area contributed by atoms with Crippen molar-refractivity contribution in [1.29, 1.82) is 0 Å². The van der Waals surface area contributed by atoms with Crippen molar-refractivity contribution in [2.75, 3.05) is 11.1 Å². The molecule has 0 fully saturated rings. The third-order valence-electron chi connectivity index (χ3n) is 2.07. The first-order chi connectivity index (χ1) is 8.06. The Morgan fingerprint density at radius 3 is 2.65 bits per heavy atom. The molecule has 1 heterocycles. The summed E-state index contributed by atoms with van der Waals surface area (Å²) in [6.45, 7) is 0. The van der Waals surface area contributed by atoms with Gasteiger partial charge in [-0.15, -0.1) is 0 Å². The van der Waals surface area contributed by atoms with Crippen molar-refractivity contribution in [3.05, 3.63) is 44.4 Å². The maximum Gasteiger partial charge on any atom is 0.153 e. The SMILES string of the molecule is Nc1cc(Br)cnc1Nc1ccc(Cl)cc1Br. The molecule has 0 aliphatic carbocycles. The molecule has 0 atom stereocenters. The Kier molecular flexibility index (Phi) is 3.91. The Labute approximate surface area is 121 Å². The number of nitrogens with two attached hydrogens (primary N) is 1. The van der Waals surface area contributed by atoms with Gasteiger partial charge < -0.3 is 11.1 Å². The van der Waals surface area contributed by atoms with Crippen molar-refractivity contribution in [3.8, 4) is 0 Å². The molecule has 3 N–H and O–H groups in total. The molecule has 0 bridgehead atoms. The molecule has 1 aromatic heterocycles. The fourth-order valence-electron chi connectivity index (χ4n) is 1.28. The van der Waals surface area contributed by atoms with Gasteiger partial charge in [0.1, 0.15) is 0 Å². The minimum absolute atomic E-state index is 0.571. The number of nitrogen functional groups attached to an aromatic ring is 1. The maximum atomic E-state index is 5.87. The summed E-state index contributed by atoms with van der Waals surface area (Å²) in [7, 11) is 0. The van der Waals surface area contributed by atoms with Crippen LogP contribution in [0.25, 0.3) is 0 Å². The number of rotatable bonds is 2. The average Bonchev–Trinajstić information content (AvgIpc) is 2.25. The predicted octanol–water partition coefficient (Wildman–Crippen LogP) is 4.59. The summed E-state index contributed by atoms with van der Waals surface area (Å²) in [5.74, 6) is 0.608. The zero-order chi connectivity index (χ0) is 12.4. The van der Waals surface area contributed by atoms with Gasteiger partial charge in [-0.25, -0.2) is 4.98 Å². The van der Waals surface area contributed by atoms with E-state index in [1.807, 2.05) is 6.07 Å². The van der Waals surface area contributed by atoms with Crippen LogP contribution in [-0.4, -0.2) is 4.98 Å². The molecule has 17 heavy (non-hydrogen) atoms. The van der Waals surface area contributed by atoms with Crippen LogP contribution in [0, 0.1) is 0 Å². The molecule has 0 aliphatic rings. The summed E-state index contributed by atoms with van der Waals surface area (Å²) in [5, 5.41) is 3.80. The standard InChI is InChI=1S/C11H8Br2ClN3/c12-6-3-9(15)11(16-5-6)17-10-2-1-7(14)4-8(10)13/h1-5H,15H2,(H,16,17). The van der Waals surface area contributed by atoms with Gasteiger partial charge in [-0.3, -0.25) is 0 Å². The molecule has 1 aromatic carbocycles. The quantitative estimate of drug-likeness (QED) is 0.805. The van der Waals surface area contributed by atoms with Crippen LogP contribution >= 0.6 is 43.5 Å². The van der Waals surface area contributed by atoms with E-state index in [1.165, 1.54) is 0 Å². The Morgan fingerprint density at radius 2 is 2.00 bits per heavy atom. The molecule has 0 amide bonds. The van der Waals surface area contributed by atoms with Crippen LogP contribution in [-0.2, 0) is 0 Å². The van der Waals surface area contributed by atoms with Crippen molar-refractivity contribution < 1.29 is 0 Å². The minimum atomic E-state index is 0.571. The first kappa shape index (κ1) is 12.7. The van der Waals surface area contributed by atoms with Gasteiger partial charge in [0.15, 0.2) is 5.82 Å². The van der Waals surface area contributed by atoms with Crippen molar-refractivity contribution in [3.63, 3.8) is 0 Å². The molecule has 0 unspecified atom stereocenters. The van der Waals surface area contributed by atoms with Crippen LogP contribution < -0.4 is 11.1 Å². The van der Waals surface area contributed by atoms with E-state index in [0.29, 0.717) is 16.5 Å². The number of aromatic nitrogens is 1. The van der Waals surface area contributed by atoms with Crippen LogP contribution in [0.15, 0.2) is 39.4 Å². The zero-order valence-corrected chi connectivity index (χ0v) is 12.5. The molecule has 0 radical (unpaired) electrons. The number of hydrogen-bond donors (Lipinski definition) is 2. The summed E-state index contributed by atoms with van der Waals surface area (Å²) in [6, 6.07) is 7.25. The molecule has 0 aliphatic heterocycles. The summed E-state index contributed by atoms with van der Waals surface area (Å²) in [4.78, 5) is 4.20. The molecule has 88 valence electrons. The number of nitrogens with one attached hydrogen (secondary N) is 1. The lowest BCUT2D eigenvalue weighted by Gasteiger charge is -2.10. The lowest BCUT2D eigenvalue weighted by molar-refractivity contribution is 1.29. The smallest absolute Gasteiger partial charge is 0.153 e. The number of anilines is 3. The lowest BCUT2D eigenvalue weighted by Crippen LogP contribution is -1.99. The molecular formula is C11H8Br2ClN3. The van der Waals surface area contributed by atoms with Crippen LogP contribution in [0.1, 0.15) is 0 Å². The maximum absolute atomic E-state index is 5.87. The fourth-order valence-corrected chi connectivity index (χ4v) is 2.41. The summed E-state index contributed by atoms with van der Waals surface area (Å²) >= 11 is 12.6. The number of halogens is 3. The number of hydrogen-bond acceptors (Lipinski definition) is 3. The van der Waals surface area contributed by atoms with Gasteiger partial charge in [-0.05, 0) is 56.1 Å². The number of nitrogens with zero attached hydrogens (tertiary/aromatic N) is 1. The van der Waals surface area contributed by atoms with Gasteiger partial charge in [0.25, 0.3) is 0 Å². The third-order valence-corrected chi connectivity index (χ3v) is 3.39. The zero-order valence-electron chi connectivity index (χ0n) is 8.55. The van der Waals surface area contributed by atoms with Crippen LogP contribution in [0.2, 0.25) is 5.02 Å². The molecule has 2 rings (SSSR count). The van der Waals surface area contributed by atoms with Crippen LogP contribution in [0.5, 0.6) is 0 Å². The predicted molar refractivity (Wildman–Crippen MR) is 78.8 cm³/mol. The highest BCUT2D eigenvalue weighted by Crippen LogP contribution is 2.30. The van der Waals surface area contributed by atoms with Gasteiger partial charge in [0.05, 0.1) is 11.4 Å². The summed E-state index contributed by atoms with van der Waals surface area (Å²) < 4.78 is 1.70. The highest BCUT2D eigenvalue weighted by atomic mass is 79.9. The summed E-state index contributed by atoms with van der Waals surface area (Å²) in [5.41, 5.74) is 7.28. The third kappa shape index (κ3) is 3.12. The van der Waals surface area contributed by atoms with Gasteiger partial charge >= 0.3 is 0 Å². The van der Waals surface area contributed by atoms with E-state index in [2.05, 4.69) is 42.2 Å². The molecule has 6 heteroatoms. The van der Waals surface area contributed by atoms with Gasteiger partial charge in [-0.1, -0.05) is 11.6 Å². The molecule has 0 spiro atoms. The Balaban J connectivity index is 2.31. The number of pyridine rings is 1. The molecule has 0 saturated heterocycles. The second-order valence-corrected chi connectivity index (χ2v) is 5.55. The van der Waals surface area contributed by atoms with E-state index in [1.54, 1.807) is 24.4 Å². The molecule has 2 aromatic rings. The largest absolute Gasteiger partial charge is 0.396 e. The first-order valence-corrected chi connectivity index (χ1v) is 6.66. The van der Waals surface area contributed by atoms with Crippen LogP contribution in [0.4, 0.5) is 17.2 Å². The van der Waals surface area contributed by atoms with Crippen molar-refractivity contribution in [2.45, 2.75) is 0 Å². The topological polar surface area (TPSA) is 50.9 Å². The minimum Gasteiger partial charge on any atom is -0.396 e. The number of benzene rings is 1. The monoisotopic (exact) mass is 375 g/mol. The van der Waals surface area contributed by atoms with E-state index >= 15 is 0 Å². The van der Waals surface area contributed by atoms with Crippen molar-refractivity contribution in [1.82, 2.24) is 4.98 Å². The Morgan fingerprint density at radius 1 is 1.24 bits per heavy atom. The van der Waals surface area contributed by atoms with E-state index in [9.17, 15) is 0 Å². The molecule has 3 nitrogen and oxygen atoms in total. The second-order valence-electron chi connectivity index (χ2n) is 3.34. The molecular weight excluding hydrogens is 369 g/mol. The van der Waals surface area contributed by atoms with Crippen molar-refractivity contribution in [2.24, 2.45) is 0 Å². The van der Waals surface area contributed by atoms with E-state index in [0.717, 1.165) is 14.6 Å². The highest BCUT2D eigenvalue weighted by Gasteiger charge is 2.05. The van der Waals surface area contributed by atoms with Gasteiger partial charge in [-0.2, -0.15) is 0 Å². The van der Waals surface area contributed by atoms with Crippen LogP contribution in [0.3, 0.4) is 0 Å². The van der Waals surface area contributed by atoms with E-state index < -0.39 is 0 Å². The first-order valence-electron chi connectivity index (χ1n) is 4.69. The highest BCUT2D eigenvalue weighted by molar-refractivity contribution is 9.10. The average molecular weight is 377 g/mol. The normalized spacial score (nSPS) is 10.3.